The minimum Gasteiger partial charge on any atom is -0.237 e. The Labute approximate surface area is 117 Å². The molecular weight excluding hydrogens is 250 g/mol. The Morgan fingerprint density at radius 3 is 2.63 bits per heavy atom. The number of benzene rings is 1. The van der Waals surface area contributed by atoms with Crippen LogP contribution in [0.25, 0.3) is 27.4 Å². The largest absolute Gasteiger partial charge is 0.237 e. The van der Waals surface area contributed by atoms with E-state index in [9.17, 15) is 0 Å². The Bertz CT molecular complexity index is 739. The Kier molecular flexibility index (Phi) is 3.18. The van der Waals surface area contributed by atoms with E-state index < -0.39 is 0 Å². The van der Waals surface area contributed by atoms with Crippen molar-refractivity contribution in [2.45, 2.75) is 13.8 Å². The van der Waals surface area contributed by atoms with Gasteiger partial charge in [-0.1, -0.05) is 36.4 Å². The van der Waals surface area contributed by atoms with Gasteiger partial charge in [-0.15, -0.1) is 11.3 Å². The molecule has 0 aliphatic heterocycles. The first-order chi connectivity index (χ1) is 9.31. The molecular formula is C17H15NS. The highest BCUT2D eigenvalue weighted by Gasteiger charge is 2.12. The van der Waals surface area contributed by atoms with Crippen molar-refractivity contribution in [2.24, 2.45) is 0 Å². The summed E-state index contributed by atoms with van der Waals surface area (Å²) in [6, 6.07) is 12.7. The van der Waals surface area contributed by atoms with Crippen LogP contribution in [0.3, 0.4) is 0 Å². The maximum absolute atomic E-state index is 4.74. The summed E-state index contributed by atoms with van der Waals surface area (Å²) in [7, 11) is 0. The van der Waals surface area contributed by atoms with Crippen LogP contribution in [-0.2, 0) is 0 Å². The van der Waals surface area contributed by atoms with Crippen molar-refractivity contribution in [1.29, 1.82) is 0 Å². The Hall–Kier alpha value is -1.93. The van der Waals surface area contributed by atoms with Crippen LogP contribution in [0, 0.1) is 6.92 Å². The zero-order valence-electron chi connectivity index (χ0n) is 11.1. The molecule has 0 spiro atoms. The lowest BCUT2D eigenvalue weighted by Crippen LogP contribution is -1.92. The van der Waals surface area contributed by atoms with Gasteiger partial charge in [0.05, 0.1) is 5.69 Å². The van der Waals surface area contributed by atoms with E-state index in [2.05, 4.69) is 54.8 Å². The van der Waals surface area contributed by atoms with Gasteiger partial charge in [-0.3, -0.25) is 0 Å². The summed E-state index contributed by atoms with van der Waals surface area (Å²) in [4.78, 5) is 5.85. The van der Waals surface area contributed by atoms with E-state index in [0.29, 0.717) is 0 Å². The van der Waals surface area contributed by atoms with Crippen LogP contribution in [0.15, 0.2) is 47.9 Å². The normalized spacial score (nSPS) is 11.5. The van der Waals surface area contributed by atoms with E-state index in [1.807, 2.05) is 13.0 Å². The second-order valence-corrected chi connectivity index (χ2v) is 5.40. The van der Waals surface area contributed by atoms with Gasteiger partial charge in [-0.25, -0.2) is 4.98 Å². The van der Waals surface area contributed by atoms with Gasteiger partial charge in [0.2, 0.25) is 0 Å². The fourth-order valence-corrected chi connectivity index (χ4v) is 3.18. The van der Waals surface area contributed by atoms with Crippen molar-refractivity contribution in [3.8, 4) is 11.1 Å². The number of hydrogen-bond acceptors (Lipinski definition) is 2. The summed E-state index contributed by atoms with van der Waals surface area (Å²) in [6.07, 6.45) is 4.13. The standard InChI is InChI=1S/C17H15NS/c1-3-7-15-12(2)16(13-8-5-4-6-9-13)14-10-11-19-17(14)18-15/h3-11H,1-2H3. The fourth-order valence-electron chi connectivity index (χ4n) is 2.40. The molecule has 0 fully saturated rings. The molecule has 19 heavy (non-hydrogen) atoms. The van der Waals surface area contributed by atoms with Crippen LogP contribution in [0.1, 0.15) is 18.2 Å². The van der Waals surface area contributed by atoms with Crippen LogP contribution >= 0.6 is 11.3 Å². The molecule has 2 heteroatoms. The Morgan fingerprint density at radius 1 is 1.11 bits per heavy atom. The van der Waals surface area contributed by atoms with E-state index in [1.54, 1.807) is 11.3 Å². The highest BCUT2D eigenvalue weighted by atomic mass is 32.1. The average Bonchev–Trinajstić information content (AvgIpc) is 2.88. The monoisotopic (exact) mass is 265 g/mol. The summed E-state index contributed by atoms with van der Waals surface area (Å²) in [6.45, 7) is 4.18. The summed E-state index contributed by atoms with van der Waals surface area (Å²) in [5.41, 5.74) is 4.88. The lowest BCUT2D eigenvalue weighted by Gasteiger charge is -2.10. The highest BCUT2D eigenvalue weighted by molar-refractivity contribution is 7.16. The molecule has 0 amide bonds. The molecule has 3 aromatic rings. The first kappa shape index (κ1) is 12.1. The van der Waals surface area contributed by atoms with Crippen molar-refractivity contribution < 1.29 is 0 Å². The smallest absolute Gasteiger partial charge is 0.124 e. The van der Waals surface area contributed by atoms with Gasteiger partial charge >= 0.3 is 0 Å². The Morgan fingerprint density at radius 2 is 1.89 bits per heavy atom. The van der Waals surface area contributed by atoms with Crippen molar-refractivity contribution in [3.63, 3.8) is 0 Å². The zero-order chi connectivity index (χ0) is 13.2. The maximum atomic E-state index is 4.74. The molecule has 2 aromatic heterocycles. The lowest BCUT2D eigenvalue weighted by molar-refractivity contribution is 1.31. The van der Waals surface area contributed by atoms with Crippen LogP contribution in [0.4, 0.5) is 0 Å². The van der Waals surface area contributed by atoms with Crippen LogP contribution < -0.4 is 0 Å². The second-order valence-electron chi connectivity index (χ2n) is 4.50. The minimum atomic E-state index is 1.07. The zero-order valence-corrected chi connectivity index (χ0v) is 11.9. The van der Waals surface area contributed by atoms with Gasteiger partial charge in [0, 0.05) is 5.39 Å². The van der Waals surface area contributed by atoms with Crippen LogP contribution in [-0.4, -0.2) is 4.98 Å². The van der Waals surface area contributed by atoms with Crippen molar-refractivity contribution in [2.75, 3.05) is 0 Å². The number of hydrogen-bond donors (Lipinski definition) is 0. The van der Waals surface area contributed by atoms with Gasteiger partial charge in [-0.05, 0) is 48.1 Å². The molecule has 94 valence electrons. The molecule has 0 N–H and O–H groups in total. The molecule has 0 saturated heterocycles. The molecule has 0 atom stereocenters. The van der Waals surface area contributed by atoms with Crippen LogP contribution in [0.5, 0.6) is 0 Å². The molecule has 0 radical (unpaired) electrons. The third-order valence-corrected chi connectivity index (χ3v) is 4.09. The number of nitrogens with zero attached hydrogens (tertiary/aromatic N) is 1. The Balaban J connectivity index is 2.38. The first-order valence-electron chi connectivity index (χ1n) is 6.37. The topological polar surface area (TPSA) is 12.9 Å². The lowest BCUT2D eigenvalue weighted by atomic mass is 9.97. The molecule has 0 aliphatic rings. The van der Waals surface area contributed by atoms with Crippen molar-refractivity contribution in [3.05, 3.63) is 59.1 Å². The predicted molar refractivity (Wildman–Crippen MR) is 84.5 cm³/mol. The van der Waals surface area contributed by atoms with Gasteiger partial charge in [-0.2, -0.15) is 0 Å². The van der Waals surface area contributed by atoms with E-state index in [4.69, 9.17) is 4.98 Å². The predicted octanol–water partition coefficient (Wildman–Crippen LogP) is 5.30. The second kappa shape index (κ2) is 4.98. The molecule has 3 rings (SSSR count). The van der Waals surface area contributed by atoms with E-state index in [1.165, 1.54) is 22.1 Å². The van der Waals surface area contributed by atoms with Gasteiger partial charge in [0.25, 0.3) is 0 Å². The van der Waals surface area contributed by atoms with E-state index >= 15 is 0 Å². The molecule has 0 unspecified atom stereocenters. The number of pyridine rings is 1. The quantitative estimate of drug-likeness (QED) is 0.612. The number of aromatic nitrogens is 1. The molecule has 0 saturated carbocycles. The summed E-state index contributed by atoms with van der Waals surface area (Å²) in [5.74, 6) is 0. The average molecular weight is 265 g/mol. The number of fused-ring (bicyclic) bond motifs is 1. The number of allylic oxidation sites excluding steroid dienone is 1. The molecule has 1 aromatic carbocycles. The molecule has 0 aliphatic carbocycles. The number of thiophene rings is 1. The summed E-state index contributed by atoms with van der Waals surface area (Å²) in [5, 5.41) is 3.37. The highest BCUT2D eigenvalue weighted by Crippen LogP contribution is 2.35. The SMILES string of the molecule is CC=Cc1nc2sccc2c(-c2ccccc2)c1C. The van der Waals surface area contributed by atoms with Gasteiger partial charge in [0.1, 0.15) is 4.83 Å². The molecule has 0 bridgehead atoms. The third-order valence-electron chi connectivity index (χ3n) is 3.28. The van der Waals surface area contributed by atoms with Crippen molar-refractivity contribution >= 4 is 27.6 Å². The minimum absolute atomic E-state index is 1.07. The molecule has 1 nitrogen and oxygen atoms in total. The summed E-state index contributed by atoms with van der Waals surface area (Å²) >= 11 is 1.70. The number of rotatable bonds is 2. The van der Waals surface area contributed by atoms with Crippen LogP contribution in [0.2, 0.25) is 0 Å². The van der Waals surface area contributed by atoms with E-state index in [-0.39, 0.29) is 0 Å². The maximum Gasteiger partial charge on any atom is 0.124 e. The third kappa shape index (κ3) is 2.08. The first-order valence-corrected chi connectivity index (χ1v) is 7.25. The fraction of sp³-hybridized carbons (Fsp3) is 0.118. The molecule has 2 heterocycles. The van der Waals surface area contributed by atoms with Gasteiger partial charge in [0.15, 0.2) is 0 Å². The van der Waals surface area contributed by atoms with E-state index in [0.717, 1.165) is 10.5 Å². The van der Waals surface area contributed by atoms with Gasteiger partial charge < -0.3 is 0 Å². The van der Waals surface area contributed by atoms with Crippen molar-refractivity contribution in [1.82, 2.24) is 4.98 Å². The summed E-state index contributed by atoms with van der Waals surface area (Å²) < 4.78 is 0.